The van der Waals surface area contributed by atoms with Crippen molar-refractivity contribution in [2.75, 3.05) is 31.1 Å². The summed E-state index contributed by atoms with van der Waals surface area (Å²) in [6.45, 7) is 10.2. The predicted molar refractivity (Wildman–Crippen MR) is 153 cm³/mol. The third-order valence-electron chi connectivity index (χ3n) is 8.22. The van der Waals surface area contributed by atoms with Crippen molar-refractivity contribution in [2.24, 2.45) is 0 Å². The molecule has 1 atom stereocenters. The van der Waals surface area contributed by atoms with Gasteiger partial charge in [-0.3, -0.25) is 24.6 Å². The number of nitrogens with one attached hydrogen (secondary N) is 1. The van der Waals surface area contributed by atoms with E-state index in [-0.39, 0.29) is 49.3 Å². The maximum absolute atomic E-state index is 15.1. The van der Waals surface area contributed by atoms with Gasteiger partial charge in [-0.1, -0.05) is 24.3 Å². The summed E-state index contributed by atoms with van der Waals surface area (Å²) >= 11 is 0. The van der Waals surface area contributed by atoms with Crippen molar-refractivity contribution < 1.29 is 27.9 Å². The Bertz CT molecular complexity index is 1650. The topological polar surface area (TPSA) is 86.6 Å². The summed E-state index contributed by atoms with van der Waals surface area (Å²) in [5, 5.41) is 2.30. The molecule has 3 aromatic carbocycles. The minimum Gasteiger partial charge on any atom is -0.489 e. The average Bonchev–Trinajstić information content (AvgIpc) is 3.34. The minimum absolute atomic E-state index is 0.0940. The average molecular weight is 586 g/mol. The van der Waals surface area contributed by atoms with Gasteiger partial charge in [0, 0.05) is 55.8 Å². The van der Waals surface area contributed by atoms with Gasteiger partial charge in [-0.05, 0) is 42.3 Å². The van der Waals surface area contributed by atoms with Crippen LogP contribution in [0.15, 0.2) is 54.6 Å². The summed E-state index contributed by atoms with van der Waals surface area (Å²) in [6, 6.07) is 13.9. The summed E-state index contributed by atoms with van der Waals surface area (Å²) in [7, 11) is 0. The molecule has 220 valence electrons. The van der Waals surface area contributed by atoms with E-state index in [0.717, 1.165) is 0 Å². The SMILES string of the molecule is [C-]#[N+]c1ccc(N2CCN(Cc3ccc(COc4cccc5c4CN(C4CCC(=O)NC4=O)C5=O)cc3F)CC2)c(F)c1. The molecule has 3 aliphatic rings. The lowest BCUT2D eigenvalue weighted by atomic mass is 10.0. The molecule has 3 aromatic rings. The first-order chi connectivity index (χ1) is 20.8. The number of carbonyl (C=O) groups is 3. The van der Waals surface area contributed by atoms with E-state index in [0.29, 0.717) is 66.4 Å². The number of benzene rings is 3. The van der Waals surface area contributed by atoms with Crippen LogP contribution in [0.2, 0.25) is 0 Å². The fraction of sp³-hybridized carbons (Fsp3) is 0.312. The molecule has 6 rings (SSSR count). The summed E-state index contributed by atoms with van der Waals surface area (Å²) in [4.78, 5) is 45.7. The summed E-state index contributed by atoms with van der Waals surface area (Å²) in [6.07, 6.45) is 0.454. The van der Waals surface area contributed by atoms with Crippen molar-refractivity contribution in [3.63, 3.8) is 0 Å². The van der Waals surface area contributed by atoms with E-state index in [1.807, 2.05) is 11.0 Å². The molecular weight excluding hydrogens is 556 g/mol. The molecule has 3 amide bonds. The Hall–Kier alpha value is -4.82. The molecule has 0 aromatic heterocycles. The molecule has 43 heavy (non-hydrogen) atoms. The molecule has 0 bridgehead atoms. The van der Waals surface area contributed by atoms with Crippen LogP contribution in [-0.4, -0.2) is 59.7 Å². The monoisotopic (exact) mass is 585 g/mol. The molecule has 2 fully saturated rings. The van der Waals surface area contributed by atoms with Crippen LogP contribution >= 0.6 is 0 Å². The molecule has 3 aliphatic heterocycles. The van der Waals surface area contributed by atoms with Crippen LogP contribution in [-0.2, 0) is 29.3 Å². The second kappa shape index (κ2) is 11.8. The zero-order valence-corrected chi connectivity index (χ0v) is 23.3. The Kier molecular flexibility index (Phi) is 7.78. The number of fused-ring (bicyclic) bond motifs is 1. The van der Waals surface area contributed by atoms with E-state index in [2.05, 4.69) is 15.1 Å². The number of amides is 3. The fourth-order valence-corrected chi connectivity index (χ4v) is 5.87. The Labute approximate surface area is 247 Å². The van der Waals surface area contributed by atoms with E-state index >= 15 is 4.39 Å². The predicted octanol–water partition coefficient (Wildman–Crippen LogP) is 4.18. The largest absolute Gasteiger partial charge is 0.489 e. The van der Waals surface area contributed by atoms with Crippen LogP contribution < -0.4 is 15.0 Å². The number of piperidine rings is 1. The van der Waals surface area contributed by atoms with Crippen LogP contribution in [0.5, 0.6) is 5.75 Å². The lowest BCUT2D eigenvalue weighted by molar-refractivity contribution is -0.136. The first kappa shape index (κ1) is 28.3. The van der Waals surface area contributed by atoms with Gasteiger partial charge < -0.3 is 14.5 Å². The first-order valence-corrected chi connectivity index (χ1v) is 14.1. The highest BCUT2D eigenvalue weighted by Gasteiger charge is 2.40. The molecule has 9 nitrogen and oxygen atoms in total. The first-order valence-electron chi connectivity index (χ1n) is 14.1. The summed E-state index contributed by atoms with van der Waals surface area (Å²) < 4.78 is 35.6. The zero-order valence-electron chi connectivity index (χ0n) is 23.3. The van der Waals surface area contributed by atoms with Gasteiger partial charge in [0.1, 0.15) is 30.0 Å². The Balaban J connectivity index is 1.05. The molecule has 0 spiro atoms. The number of anilines is 1. The van der Waals surface area contributed by atoms with Gasteiger partial charge in [0.25, 0.3) is 5.91 Å². The van der Waals surface area contributed by atoms with Crippen molar-refractivity contribution in [2.45, 2.75) is 38.6 Å². The van der Waals surface area contributed by atoms with E-state index in [9.17, 15) is 18.8 Å². The summed E-state index contributed by atoms with van der Waals surface area (Å²) in [5.74, 6) is -1.37. The molecule has 11 heteroatoms. The Morgan fingerprint density at radius 3 is 2.51 bits per heavy atom. The van der Waals surface area contributed by atoms with Crippen LogP contribution in [0.3, 0.4) is 0 Å². The van der Waals surface area contributed by atoms with Gasteiger partial charge in [-0.25, -0.2) is 13.6 Å². The van der Waals surface area contributed by atoms with Gasteiger partial charge in [0.2, 0.25) is 11.8 Å². The summed E-state index contributed by atoms with van der Waals surface area (Å²) in [5.41, 5.74) is 3.04. The van der Waals surface area contributed by atoms with Crippen molar-refractivity contribution >= 4 is 29.1 Å². The lowest BCUT2D eigenvalue weighted by Gasteiger charge is -2.36. The molecular formula is C32H29F2N5O4. The maximum atomic E-state index is 15.1. The standard InChI is InChI=1S/C32H29F2N5O4/c1-35-22-7-8-27(26(34)16-22)38-13-11-37(12-14-38)17-21-6-5-20(15-25(21)33)19-43-29-4-2-3-23-24(29)18-39(32(23)42)28-9-10-30(40)36-31(28)41/h2-8,15-16,28H,9-14,17-19H2,(H,36,40,41). The number of hydrogen-bond donors (Lipinski definition) is 1. The highest BCUT2D eigenvalue weighted by atomic mass is 19.1. The van der Waals surface area contributed by atoms with Crippen LogP contribution in [0.4, 0.5) is 20.2 Å². The van der Waals surface area contributed by atoms with Crippen molar-refractivity contribution in [1.29, 1.82) is 0 Å². The molecule has 0 radical (unpaired) electrons. The Morgan fingerprint density at radius 1 is 0.977 bits per heavy atom. The van der Waals surface area contributed by atoms with Gasteiger partial charge >= 0.3 is 0 Å². The molecule has 1 unspecified atom stereocenters. The van der Waals surface area contributed by atoms with E-state index in [4.69, 9.17) is 11.3 Å². The molecule has 3 heterocycles. The number of carbonyl (C=O) groups excluding carboxylic acids is 3. The van der Waals surface area contributed by atoms with Crippen molar-refractivity contribution in [3.8, 4) is 5.75 Å². The molecule has 2 saturated heterocycles. The number of rotatable bonds is 7. The van der Waals surface area contributed by atoms with E-state index < -0.39 is 17.8 Å². The lowest BCUT2D eigenvalue weighted by Crippen LogP contribution is -2.52. The second-order valence-electron chi connectivity index (χ2n) is 10.9. The normalized spacial score (nSPS) is 18.8. The van der Waals surface area contributed by atoms with E-state index in [1.54, 1.807) is 36.4 Å². The van der Waals surface area contributed by atoms with E-state index in [1.165, 1.54) is 17.0 Å². The van der Waals surface area contributed by atoms with Gasteiger partial charge in [-0.15, -0.1) is 0 Å². The Morgan fingerprint density at radius 2 is 1.79 bits per heavy atom. The van der Waals surface area contributed by atoms with Gasteiger partial charge in [-0.2, -0.15) is 0 Å². The van der Waals surface area contributed by atoms with Crippen LogP contribution in [0.1, 0.15) is 39.9 Å². The fourth-order valence-electron chi connectivity index (χ4n) is 5.87. The second-order valence-corrected chi connectivity index (χ2v) is 10.9. The molecule has 0 aliphatic carbocycles. The van der Waals surface area contributed by atoms with Gasteiger partial charge in [0.15, 0.2) is 5.69 Å². The third kappa shape index (κ3) is 5.79. The number of ether oxygens (including phenoxy) is 1. The maximum Gasteiger partial charge on any atom is 0.255 e. The zero-order chi connectivity index (χ0) is 30.1. The quantitative estimate of drug-likeness (QED) is 0.331. The van der Waals surface area contributed by atoms with Crippen LogP contribution in [0.25, 0.3) is 4.85 Å². The molecule has 0 saturated carbocycles. The van der Waals surface area contributed by atoms with Crippen molar-refractivity contribution in [3.05, 3.63) is 99.9 Å². The number of piperazine rings is 1. The van der Waals surface area contributed by atoms with Crippen LogP contribution in [0, 0.1) is 18.2 Å². The number of nitrogens with zero attached hydrogens (tertiary/aromatic N) is 4. The highest BCUT2D eigenvalue weighted by molar-refractivity contribution is 6.05. The minimum atomic E-state index is -0.715. The highest BCUT2D eigenvalue weighted by Crippen LogP contribution is 2.34. The number of imide groups is 1. The third-order valence-corrected chi connectivity index (χ3v) is 8.22. The number of hydrogen-bond acceptors (Lipinski definition) is 6. The van der Waals surface area contributed by atoms with Gasteiger partial charge in [0.05, 0.1) is 18.8 Å². The molecule has 1 N–H and O–H groups in total. The number of halogens is 2. The smallest absolute Gasteiger partial charge is 0.255 e. The van der Waals surface area contributed by atoms with Crippen molar-refractivity contribution in [1.82, 2.24) is 15.1 Å².